The summed E-state index contributed by atoms with van der Waals surface area (Å²) in [6.45, 7) is 5.89. The molecule has 0 aliphatic carbocycles. The van der Waals surface area contributed by atoms with Gasteiger partial charge in [0.25, 0.3) is 0 Å². The second kappa shape index (κ2) is 6.99. The Labute approximate surface area is 125 Å². The highest BCUT2D eigenvalue weighted by molar-refractivity contribution is 5.47. The van der Waals surface area contributed by atoms with Crippen molar-refractivity contribution >= 4 is 11.6 Å². The van der Waals surface area contributed by atoms with Crippen molar-refractivity contribution in [3.05, 3.63) is 41.5 Å². The van der Waals surface area contributed by atoms with Crippen LogP contribution in [-0.2, 0) is 17.9 Å². The van der Waals surface area contributed by atoms with Crippen molar-refractivity contribution < 1.29 is 4.74 Å². The molecule has 112 valence electrons. The van der Waals surface area contributed by atoms with Gasteiger partial charge < -0.3 is 15.4 Å². The highest BCUT2D eigenvalue weighted by atomic mass is 16.5. The Bertz CT molecular complexity index is 602. The first-order valence-electron chi connectivity index (χ1n) is 6.92. The summed E-state index contributed by atoms with van der Waals surface area (Å²) < 4.78 is 5.07. The summed E-state index contributed by atoms with van der Waals surface area (Å²) in [5, 5.41) is 0. The molecule has 0 aliphatic rings. The molecule has 2 aromatic heterocycles. The Morgan fingerprint density at radius 2 is 2.05 bits per heavy atom. The van der Waals surface area contributed by atoms with Gasteiger partial charge in [0, 0.05) is 25.4 Å². The van der Waals surface area contributed by atoms with Crippen LogP contribution >= 0.6 is 0 Å². The number of methoxy groups -OCH3 is 1. The summed E-state index contributed by atoms with van der Waals surface area (Å²) in [5.74, 6) is 1.83. The SMILES string of the molecule is CCN(Cc1cccc(C)n1)c1cc(N)nc(COC)n1. The number of aryl methyl sites for hydroxylation is 1. The lowest BCUT2D eigenvalue weighted by atomic mass is 10.3. The summed E-state index contributed by atoms with van der Waals surface area (Å²) >= 11 is 0. The molecular weight excluding hydrogens is 266 g/mol. The molecular formula is C15H21N5O. The monoisotopic (exact) mass is 287 g/mol. The number of pyridine rings is 1. The molecule has 0 amide bonds. The van der Waals surface area contributed by atoms with Crippen LogP contribution in [0, 0.1) is 6.92 Å². The molecule has 2 heterocycles. The van der Waals surface area contributed by atoms with Crippen molar-refractivity contribution in [1.29, 1.82) is 0 Å². The average Bonchev–Trinajstić information content (AvgIpc) is 2.44. The fourth-order valence-electron chi connectivity index (χ4n) is 2.10. The summed E-state index contributed by atoms with van der Waals surface area (Å²) in [6.07, 6.45) is 0. The van der Waals surface area contributed by atoms with Crippen LogP contribution < -0.4 is 10.6 Å². The van der Waals surface area contributed by atoms with E-state index in [4.69, 9.17) is 10.5 Å². The maximum atomic E-state index is 5.85. The van der Waals surface area contributed by atoms with Gasteiger partial charge in [0.15, 0.2) is 5.82 Å². The first-order chi connectivity index (χ1) is 10.1. The van der Waals surface area contributed by atoms with Crippen LogP contribution in [0.2, 0.25) is 0 Å². The van der Waals surface area contributed by atoms with Crippen LogP contribution in [-0.4, -0.2) is 28.6 Å². The quantitative estimate of drug-likeness (QED) is 0.875. The zero-order valence-electron chi connectivity index (χ0n) is 12.7. The molecule has 0 bridgehead atoms. The number of ether oxygens (including phenoxy) is 1. The zero-order chi connectivity index (χ0) is 15.2. The van der Waals surface area contributed by atoms with Crippen LogP contribution in [0.4, 0.5) is 11.6 Å². The molecule has 21 heavy (non-hydrogen) atoms. The third-order valence-corrected chi connectivity index (χ3v) is 3.06. The molecule has 2 N–H and O–H groups in total. The highest BCUT2D eigenvalue weighted by Crippen LogP contribution is 2.17. The number of nitrogens with zero attached hydrogens (tertiary/aromatic N) is 4. The topological polar surface area (TPSA) is 77.2 Å². The molecule has 0 radical (unpaired) electrons. The van der Waals surface area contributed by atoms with Crippen LogP contribution in [0.3, 0.4) is 0 Å². The first kappa shape index (κ1) is 15.2. The van der Waals surface area contributed by atoms with Gasteiger partial charge in [-0.15, -0.1) is 0 Å². The molecule has 0 spiro atoms. The van der Waals surface area contributed by atoms with E-state index in [1.165, 1.54) is 0 Å². The third-order valence-electron chi connectivity index (χ3n) is 3.06. The average molecular weight is 287 g/mol. The number of nitrogens with two attached hydrogens (primary N) is 1. The number of nitrogen functional groups attached to an aromatic ring is 1. The minimum Gasteiger partial charge on any atom is -0.384 e. The molecule has 0 aliphatic heterocycles. The first-order valence-corrected chi connectivity index (χ1v) is 6.92. The van der Waals surface area contributed by atoms with E-state index >= 15 is 0 Å². The van der Waals surface area contributed by atoms with Crippen molar-refractivity contribution in [3.63, 3.8) is 0 Å². The van der Waals surface area contributed by atoms with Crippen molar-refractivity contribution in [1.82, 2.24) is 15.0 Å². The van der Waals surface area contributed by atoms with Gasteiger partial charge in [-0.2, -0.15) is 0 Å². The fraction of sp³-hybridized carbons (Fsp3) is 0.400. The van der Waals surface area contributed by atoms with Crippen LogP contribution in [0.1, 0.15) is 24.1 Å². The normalized spacial score (nSPS) is 10.6. The van der Waals surface area contributed by atoms with Crippen molar-refractivity contribution in [2.75, 3.05) is 24.3 Å². The van der Waals surface area contributed by atoms with Gasteiger partial charge in [0.2, 0.25) is 0 Å². The van der Waals surface area contributed by atoms with E-state index < -0.39 is 0 Å². The number of anilines is 2. The van der Waals surface area contributed by atoms with Gasteiger partial charge in [-0.3, -0.25) is 4.98 Å². The van der Waals surface area contributed by atoms with E-state index in [2.05, 4.69) is 26.8 Å². The number of hydrogen-bond acceptors (Lipinski definition) is 6. The molecule has 6 heteroatoms. The van der Waals surface area contributed by atoms with E-state index in [1.807, 2.05) is 25.1 Å². The molecule has 0 atom stereocenters. The minimum atomic E-state index is 0.346. The van der Waals surface area contributed by atoms with E-state index in [1.54, 1.807) is 13.2 Å². The molecule has 0 aromatic carbocycles. The van der Waals surface area contributed by atoms with E-state index in [-0.39, 0.29) is 0 Å². The summed E-state index contributed by atoms with van der Waals surface area (Å²) in [4.78, 5) is 15.3. The third kappa shape index (κ3) is 4.13. The lowest BCUT2D eigenvalue weighted by Gasteiger charge is -2.22. The Morgan fingerprint density at radius 1 is 1.24 bits per heavy atom. The van der Waals surface area contributed by atoms with E-state index in [0.29, 0.717) is 24.8 Å². The maximum absolute atomic E-state index is 5.85. The Kier molecular flexibility index (Phi) is 5.05. The predicted molar refractivity (Wildman–Crippen MR) is 82.9 cm³/mol. The standard InChI is InChI=1S/C15H21N5O/c1-4-20(9-12-7-5-6-11(2)17-12)15-8-13(16)18-14(19-15)10-21-3/h5-8H,4,9-10H2,1-3H3,(H2,16,18,19). The van der Waals surface area contributed by atoms with Gasteiger partial charge in [-0.1, -0.05) is 6.07 Å². The van der Waals surface area contributed by atoms with Crippen molar-refractivity contribution in [2.24, 2.45) is 0 Å². The lowest BCUT2D eigenvalue weighted by molar-refractivity contribution is 0.178. The molecule has 0 saturated carbocycles. The lowest BCUT2D eigenvalue weighted by Crippen LogP contribution is -2.24. The van der Waals surface area contributed by atoms with E-state index in [0.717, 1.165) is 23.8 Å². The number of aromatic nitrogens is 3. The van der Waals surface area contributed by atoms with Crippen LogP contribution in [0.5, 0.6) is 0 Å². The molecule has 0 fully saturated rings. The minimum absolute atomic E-state index is 0.346. The zero-order valence-corrected chi connectivity index (χ0v) is 12.7. The van der Waals surface area contributed by atoms with Crippen molar-refractivity contribution in [3.8, 4) is 0 Å². The van der Waals surface area contributed by atoms with Gasteiger partial charge in [-0.05, 0) is 26.0 Å². The highest BCUT2D eigenvalue weighted by Gasteiger charge is 2.11. The summed E-state index contributed by atoms with van der Waals surface area (Å²) in [5.41, 5.74) is 7.86. The molecule has 2 aromatic rings. The summed E-state index contributed by atoms with van der Waals surface area (Å²) in [7, 11) is 1.61. The molecule has 2 rings (SSSR count). The molecule has 0 saturated heterocycles. The molecule has 6 nitrogen and oxygen atoms in total. The molecule has 0 unspecified atom stereocenters. The number of hydrogen-bond donors (Lipinski definition) is 1. The van der Waals surface area contributed by atoms with Gasteiger partial charge >= 0.3 is 0 Å². The Morgan fingerprint density at radius 3 is 2.71 bits per heavy atom. The van der Waals surface area contributed by atoms with Gasteiger partial charge in [0.1, 0.15) is 18.2 Å². The largest absolute Gasteiger partial charge is 0.384 e. The summed E-state index contributed by atoms with van der Waals surface area (Å²) in [6, 6.07) is 7.78. The second-order valence-corrected chi connectivity index (χ2v) is 4.78. The Hall–Kier alpha value is -2.21. The van der Waals surface area contributed by atoms with Gasteiger partial charge in [-0.25, -0.2) is 9.97 Å². The van der Waals surface area contributed by atoms with E-state index in [9.17, 15) is 0 Å². The van der Waals surface area contributed by atoms with Crippen LogP contribution in [0.25, 0.3) is 0 Å². The second-order valence-electron chi connectivity index (χ2n) is 4.78. The Balaban J connectivity index is 2.24. The predicted octanol–water partition coefficient (Wildman–Crippen LogP) is 1.94. The van der Waals surface area contributed by atoms with Crippen molar-refractivity contribution in [2.45, 2.75) is 27.0 Å². The van der Waals surface area contributed by atoms with Crippen LogP contribution in [0.15, 0.2) is 24.3 Å². The maximum Gasteiger partial charge on any atom is 0.158 e. The van der Waals surface area contributed by atoms with Gasteiger partial charge in [0.05, 0.1) is 12.2 Å². The fourth-order valence-corrected chi connectivity index (χ4v) is 2.10. The number of rotatable bonds is 6. The smallest absolute Gasteiger partial charge is 0.158 e.